The minimum Gasteiger partial charge on any atom is -0.478 e. The molecule has 2 rings (SSSR count). The smallest absolute Gasteiger partial charge is 0.335 e. The fourth-order valence-corrected chi connectivity index (χ4v) is 4.12. The quantitative estimate of drug-likeness (QED) is 0.895. The Morgan fingerprint density at radius 1 is 1.38 bits per heavy atom. The monoisotopic (exact) mass is 369 g/mol. The number of hydrogen-bond acceptors (Lipinski definition) is 4. The van der Waals surface area contributed by atoms with Gasteiger partial charge in [-0.3, -0.25) is 4.98 Å². The number of sulfone groups is 1. The van der Waals surface area contributed by atoms with Crippen molar-refractivity contribution in [3.05, 3.63) is 57.8 Å². The molecule has 0 radical (unpaired) electrons. The topological polar surface area (TPSA) is 84.3 Å². The van der Waals surface area contributed by atoms with E-state index in [2.05, 4.69) is 20.9 Å². The summed E-state index contributed by atoms with van der Waals surface area (Å²) >= 11 is 3.20. The SMILES string of the molecule is Cc1c(Br)cc(C(=O)O)cc1S(=O)(=O)Cc1cccnc1. The van der Waals surface area contributed by atoms with Gasteiger partial charge in [-0.25, -0.2) is 13.2 Å². The van der Waals surface area contributed by atoms with Crippen molar-refractivity contribution in [2.75, 3.05) is 0 Å². The van der Waals surface area contributed by atoms with Crippen LogP contribution < -0.4 is 0 Å². The first kappa shape index (κ1) is 15.7. The number of carbonyl (C=O) groups is 1. The molecule has 0 atom stereocenters. The molecule has 0 amide bonds. The Bertz CT molecular complexity index is 788. The van der Waals surface area contributed by atoms with Crippen molar-refractivity contribution >= 4 is 31.7 Å². The summed E-state index contributed by atoms with van der Waals surface area (Å²) in [6.45, 7) is 1.63. The molecule has 0 aliphatic rings. The Kier molecular flexibility index (Phi) is 4.43. The molecule has 0 aliphatic carbocycles. The largest absolute Gasteiger partial charge is 0.478 e. The van der Waals surface area contributed by atoms with E-state index in [0.717, 1.165) is 0 Å². The third-order valence-corrected chi connectivity index (χ3v) is 5.59. The zero-order chi connectivity index (χ0) is 15.6. The highest BCUT2D eigenvalue weighted by molar-refractivity contribution is 9.10. The number of hydrogen-bond donors (Lipinski definition) is 1. The molecule has 1 heterocycles. The summed E-state index contributed by atoms with van der Waals surface area (Å²) in [5.41, 5.74) is 0.967. The molecule has 1 aromatic heterocycles. The summed E-state index contributed by atoms with van der Waals surface area (Å²) < 4.78 is 25.5. The van der Waals surface area contributed by atoms with Crippen molar-refractivity contribution in [2.24, 2.45) is 0 Å². The number of aromatic nitrogens is 1. The van der Waals surface area contributed by atoms with Crippen molar-refractivity contribution in [1.29, 1.82) is 0 Å². The first-order valence-corrected chi connectivity index (χ1v) is 8.41. The van der Waals surface area contributed by atoms with E-state index in [1.54, 1.807) is 25.3 Å². The second-order valence-electron chi connectivity index (χ2n) is 4.51. The average molecular weight is 370 g/mol. The molecule has 7 heteroatoms. The fraction of sp³-hybridized carbons (Fsp3) is 0.143. The van der Waals surface area contributed by atoms with Gasteiger partial charge in [0.2, 0.25) is 0 Å². The number of rotatable bonds is 4. The van der Waals surface area contributed by atoms with Crippen LogP contribution in [0.5, 0.6) is 0 Å². The van der Waals surface area contributed by atoms with E-state index in [0.29, 0.717) is 15.6 Å². The zero-order valence-electron chi connectivity index (χ0n) is 11.1. The van der Waals surface area contributed by atoms with E-state index in [1.807, 2.05) is 0 Å². The second-order valence-corrected chi connectivity index (χ2v) is 7.32. The number of benzene rings is 1. The van der Waals surface area contributed by atoms with Gasteiger partial charge in [0.25, 0.3) is 0 Å². The van der Waals surface area contributed by atoms with Crippen LogP contribution in [0, 0.1) is 6.92 Å². The molecule has 1 N–H and O–H groups in total. The average Bonchev–Trinajstić information content (AvgIpc) is 2.41. The maximum absolute atomic E-state index is 12.5. The van der Waals surface area contributed by atoms with Gasteiger partial charge in [0.05, 0.1) is 16.2 Å². The van der Waals surface area contributed by atoms with Gasteiger partial charge in [0.1, 0.15) is 0 Å². The summed E-state index contributed by atoms with van der Waals surface area (Å²) in [7, 11) is -3.66. The summed E-state index contributed by atoms with van der Waals surface area (Å²) in [5, 5.41) is 9.05. The van der Waals surface area contributed by atoms with Crippen LogP contribution in [0.15, 0.2) is 46.0 Å². The molecule has 0 bridgehead atoms. The van der Waals surface area contributed by atoms with Crippen molar-refractivity contribution in [3.8, 4) is 0 Å². The molecule has 5 nitrogen and oxygen atoms in total. The van der Waals surface area contributed by atoms with Gasteiger partial charge in [-0.15, -0.1) is 0 Å². The van der Waals surface area contributed by atoms with Crippen molar-refractivity contribution in [1.82, 2.24) is 4.98 Å². The molecular weight excluding hydrogens is 358 g/mol. The maximum atomic E-state index is 12.5. The van der Waals surface area contributed by atoms with Crippen LogP contribution in [0.25, 0.3) is 0 Å². The molecule has 2 aromatic rings. The van der Waals surface area contributed by atoms with Gasteiger partial charge >= 0.3 is 5.97 Å². The fourth-order valence-electron chi connectivity index (χ4n) is 1.88. The van der Waals surface area contributed by atoms with E-state index in [9.17, 15) is 13.2 Å². The van der Waals surface area contributed by atoms with E-state index in [-0.39, 0.29) is 16.2 Å². The van der Waals surface area contributed by atoms with Crippen molar-refractivity contribution in [2.45, 2.75) is 17.6 Å². The Morgan fingerprint density at radius 2 is 2.10 bits per heavy atom. The predicted molar refractivity (Wildman–Crippen MR) is 81.0 cm³/mol. The van der Waals surface area contributed by atoms with Crippen LogP contribution in [0.3, 0.4) is 0 Å². The minimum atomic E-state index is -3.66. The van der Waals surface area contributed by atoms with Gasteiger partial charge in [-0.1, -0.05) is 22.0 Å². The first-order valence-electron chi connectivity index (χ1n) is 5.96. The molecule has 0 saturated carbocycles. The maximum Gasteiger partial charge on any atom is 0.335 e. The van der Waals surface area contributed by atoms with Crippen LogP contribution in [-0.2, 0) is 15.6 Å². The second kappa shape index (κ2) is 5.95. The molecule has 1 aromatic carbocycles. The minimum absolute atomic E-state index is 0.0122. The third-order valence-electron chi connectivity index (χ3n) is 2.96. The molecule has 110 valence electrons. The Morgan fingerprint density at radius 3 is 2.67 bits per heavy atom. The number of pyridine rings is 1. The lowest BCUT2D eigenvalue weighted by Gasteiger charge is -2.10. The van der Waals surface area contributed by atoms with Crippen molar-refractivity contribution < 1.29 is 18.3 Å². The first-order chi connectivity index (χ1) is 9.81. The highest BCUT2D eigenvalue weighted by Crippen LogP contribution is 2.28. The highest BCUT2D eigenvalue weighted by Gasteiger charge is 2.21. The van der Waals surface area contributed by atoms with Gasteiger partial charge in [-0.05, 0) is 36.2 Å². The lowest BCUT2D eigenvalue weighted by Crippen LogP contribution is -2.09. The summed E-state index contributed by atoms with van der Waals surface area (Å²) in [4.78, 5) is 15.0. The number of carboxylic acid groups (broad SMARTS) is 1. The molecule has 0 aliphatic heterocycles. The number of halogens is 1. The van der Waals surface area contributed by atoms with Crippen LogP contribution in [0.4, 0.5) is 0 Å². The Labute approximate surface area is 130 Å². The predicted octanol–water partition coefficient (Wildman–Crippen LogP) is 2.82. The van der Waals surface area contributed by atoms with Crippen LogP contribution in [0.1, 0.15) is 21.5 Å². The van der Waals surface area contributed by atoms with Gasteiger partial charge in [0.15, 0.2) is 9.84 Å². The zero-order valence-corrected chi connectivity index (χ0v) is 13.5. The van der Waals surface area contributed by atoms with Crippen LogP contribution in [0.2, 0.25) is 0 Å². The van der Waals surface area contributed by atoms with Crippen LogP contribution in [-0.4, -0.2) is 24.5 Å². The van der Waals surface area contributed by atoms with E-state index < -0.39 is 15.8 Å². The normalized spacial score (nSPS) is 11.3. The molecule has 0 spiro atoms. The lowest BCUT2D eigenvalue weighted by molar-refractivity contribution is 0.0696. The van der Waals surface area contributed by atoms with E-state index in [1.165, 1.54) is 18.3 Å². The van der Waals surface area contributed by atoms with E-state index >= 15 is 0 Å². The molecule has 21 heavy (non-hydrogen) atoms. The molecule has 0 fully saturated rings. The Hall–Kier alpha value is -1.73. The van der Waals surface area contributed by atoms with Crippen LogP contribution >= 0.6 is 15.9 Å². The third kappa shape index (κ3) is 3.48. The molecule has 0 saturated heterocycles. The van der Waals surface area contributed by atoms with Gasteiger partial charge in [-0.2, -0.15) is 0 Å². The number of nitrogens with zero attached hydrogens (tertiary/aromatic N) is 1. The highest BCUT2D eigenvalue weighted by atomic mass is 79.9. The summed E-state index contributed by atoms with van der Waals surface area (Å²) in [6.07, 6.45) is 3.03. The molecular formula is C14H12BrNO4S. The summed E-state index contributed by atoms with van der Waals surface area (Å²) in [5.74, 6) is -1.40. The Balaban J connectivity index is 2.52. The number of carboxylic acids is 1. The number of aromatic carboxylic acids is 1. The standard InChI is InChI=1S/C14H12BrNO4S/c1-9-12(15)5-11(14(17)18)6-13(9)21(19,20)8-10-3-2-4-16-7-10/h2-7H,8H2,1H3,(H,17,18). The lowest BCUT2D eigenvalue weighted by atomic mass is 10.1. The van der Waals surface area contributed by atoms with E-state index in [4.69, 9.17) is 5.11 Å². The summed E-state index contributed by atoms with van der Waals surface area (Å²) in [6, 6.07) is 5.90. The van der Waals surface area contributed by atoms with Gasteiger partial charge in [0, 0.05) is 16.9 Å². The van der Waals surface area contributed by atoms with Crippen molar-refractivity contribution in [3.63, 3.8) is 0 Å². The molecule has 0 unspecified atom stereocenters. The van der Waals surface area contributed by atoms with Gasteiger partial charge < -0.3 is 5.11 Å².